The van der Waals surface area contributed by atoms with Crippen molar-refractivity contribution >= 4 is 34.0 Å². The second-order valence-electron chi connectivity index (χ2n) is 8.29. The number of aromatic nitrogens is 1. The summed E-state index contributed by atoms with van der Waals surface area (Å²) in [7, 11) is 0. The van der Waals surface area contributed by atoms with Gasteiger partial charge in [0.1, 0.15) is 0 Å². The summed E-state index contributed by atoms with van der Waals surface area (Å²) in [4.78, 5) is 0. The van der Waals surface area contributed by atoms with Gasteiger partial charge in [0, 0.05) is 16.5 Å². The molecule has 33 heavy (non-hydrogen) atoms. The fraction of sp³-hybridized carbons (Fsp3) is 0. The number of hydrogen-bond donors (Lipinski definition) is 0. The monoisotopic (exact) mass is 421 g/mol. The Bertz CT molecular complexity index is 1590. The van der Waals surface area contributed by atoms with Gasteiger partial charge in [-0.1, -0.05) is 103 Å². The molecule has 0 spiro atoms. The fourth-order valence-electron chi connectivity index (χ4n) is 4.59. The van der Waals surface area contributed by atoms with Crippen LogP contribution in [0, 0.1) is 0 Å². The molecule has 0 aliphatic carbocycles. The van der Waals surface area contributed by atoms with Gasteiger partial charge in [-0.2, -0.15) is 0 Å². The van der Waals surface area contributed by atoms with Crippen LogP contribution < -0.4 is 0 Å². The summed E-state index contributed by atoms with van der Waals surface area (Å²) in [5.41, 5.74) is 8.50. The highest BCUT2D eigenvalue weighted by Gasteiger charge is 2.12. The molecule has 0 N–H and O–H groups in total. The number of rotatable bonds is 4. The van der Waals surface area contributed by atoms with E-state index in [0.29, 0.717) is 0 Å². The summed E-state index contributed by atoms with van der Waals surface area (Å²) < 4.78 is 2.35. The van der Waals surface area contributed by atoms with E-state index in [9.17, 15) is 0 Å². The normalized spacial score (nSPS) is 11.5. The predicted molar refractivity (Wildman–Crippen MR) is 142 cm³/mol. The van der Waals surface area contributed by atoms with Crippen molar-refractivity contribution in [2.24, 2.45) is 0 Å². The minimum absolute atomic E-state index is 1.18. The van der Waals surface area contributed by atoms with E-state index in [1.165, 1.54) is 49.7 Å². The molecular weight excluding hydrogens is 398 g/mol. The molecular formula is C32H23N. The van der Waals surface area contributed by atoms with Gasteiger partial charge in [-0.25, -0.2) is 0 Å². The van der Waals surface area contributed by atoms with E-state index in [-0.39, 0.29) is 0 Å². The summed E-state index contributed by atoms with van der Waals surface area (Å²) in [6, 6.07) is 45.2. The zero-order valence-electron chi connectivity index (χ0n) is 18.2. The van der Waals surface area contributed by atoms with Gasteiger partial charge in [0.15, 0.2) is 0 Å². The maximum absolute atomic E-state index is 2.35. The van der Waals surface area contributed by atoms with Crippen molar-refractivity contribution in [1.29, 1.82) is 0 Å². The quantitative estimate of drug-likeness (QED) is 0.251. The lowest BCUT2D eigenvalue weighted by molar-refractivity contribution is 1.18. The zero-order valence-corrected chi connectivity index (χ0v) is 18.2. The summed E-state index contributed by atoms with van der Waals surface area (Å²) in [5.74, 6) is 0. The molecule has 0 bridgehead atoms. The maximum atomic E-state index is 2.35. The van der Waals surface area contributed by atoms with Gasteiger partial charge < -0.3 is 4.57 Å². The van der Waals surface area contributed by atoms with Gasteiger partial charge in [-0.05, 0) is 58.7 Å². The molecule has 5 aromatic carbocycles. The molecule has 6 rings (SSSR count). The molecule has 1 nitrogen and oxygen atoms in total. The van der Waals surface area contributed by atoms with Crippen molar-refractivity contribution < 1.29 is 0 Å². The highest BCUT2D eigenvalue weighted by atomic mass is 15.0. The molecule has 0 radical (unpaired) electrons. The van der Waals surface area contributed by atoms with Crippen molar-refractivity contribution in [2.45, 2.75) is 0 Å². The molecule has 0 fully saturated rings. The minimum atomic E-state index is 1.18. The van der Waals surface area contributed by atoms with E-state index >= 15 is 0 Å². The van der Waals surface area contributed by atoms with Gasteiger partial charge in [0.2, 0.25) is 0 Å². The Morgan fingerprint density at radius 1 is 0.424 bits per heavy atom. The Labute approximate surface area is 193 Å². The number of benzene rings is 5. The van der Waals surface area contributed by atoms with Crippen molar-refractivity contribution in [3.8, 4) is 16.8 Å². The van der Waals surface area contributed by atoms with E-state index in [0.717, 1.165) is 0 Å². The predicted octanol–water partition coefficient (Wildman–Crippen LogP) is 8.62. The molecule has 6 aromatic rings. The number of para-hydroxylation sites is 2. The summed E-state index contributed by atoms with van der Waals surface area (Å²) >= 11 is 0. The average Bonchev–Trinajstić information content (AvgIpc) is 3.22. The van der Waals surface area contributed by atoms with Crippen LogP contribution in [0.5, 0.6) is 0 Å². The Morgan fingerprint density at radius 3 is 1.91 bits per heavy atom. The van der Waals surface area contributed by atoms with Crippen LogP contribution in [-0.2, 0) is 0 Å². The lowest BCUT2D eigenvalue weighted by Gasteiger charge is -2.08. The van der Waals surface area contributed by atoms with Gasteiger partial charge in [-0.15, -0.1) is 0 Å². The van der Waals surface area contributed by atoms with Crippen LogP contribution in [-0.4, -0.2) is 4.57 Å². The Balaban J connectivity index is 1.46. The highest BCUT2D eigenvalue weighted by Crippen LogP contribution is 2.35. The number of fused-ring (bicyclic) bond motifs is 3. The van der Waals surface area contributed by atoms with E-state index in [1.807, 2.05) is 6.07 Å². The third kappa shape index (κ3) is 3.64. The first kappa shape index (κ1) is 19.3. The average molecular weight is 422 g/mol. The summed E-state index contributed by atoms with van der Waals surface area (Å²) in [5, 5.41) is 2.55. The maximum Gasteiger partial charge on any atom is 0.0541 e. The molecule has 0 aliphatic heterocycles. The first-order valence-electron chi connectivity index (χ1n) is 11.3. The number of hydrogen-bond acceptors (Lipinski definition) is 0. The van der Waals surface area contributed by atoms with Gasteiger partial charge >= 0.3 is 0 Å². The van der Waals surface area contributed by atoms with Gasteiger partial charge in [0.25, 0.3) is 0 Å². The molecule has 1 heteroatoms. The van der Waals surface area contributed by atoms with Crippen LogP contribution in [0.25, 0.3) is 50.8 Å². The third-order valence-electron chi connectivity index (χ3n) is 6.17. The largest absolute Gasteiger partial charge is 0.309 e. The van der Waals surface area contributed by atoms with Crippen molar-refractivity contribution in [1.82, 2.24) is 4.57 Å². The molecule has 0 aliphatic rings. The lowest BCUT2D eigenvalue weighted by atomic mass is 10.0. The van der Waals surface area contributed by atoms with Crippen LogP contribution >= 0.6 is 0 Å². The molecule has 1 aromatic heterocycles. The topological polar surface area (TPSA) is 4.93 Å². The fourth-order valence-corrected chi connectivity index (χ4v) is 4.59. The Hall–Kier alpha value is -4.36. The van der Waals surface area contributed by atoms with Crippen molar-refractivity contribution in [3.05, 3.63) is 139 Å². The van der Waals surface area contributed by atoms with Gasteiger partial charge in [-0.3, -0.25) is 0 Å². The number of nitrogens with zero attached hydrogens (tertiary/aromatic N) is 1. The molecule has 0 atom stereocenters. The van der Waals surface area contributed by atoms with E-state index < -0.39 is 0 Å². The first-order chi connectivity index (χ1) is 16.4. The lowest BCUT2D eigenvalue weighted by Crippen LogP contribution is -1.92. The Morgan fingerprint density at radius 2 is 1.06 bits per heavy atom. The van der Waals surface area contributed by atoms with E-state index in [4.69, 9.17) is 0 Å². The molecule has 0 unspecified atom stereocenters. The Kier molecular flexibility index (Phi) is 4.86. The molecule has 0 amide bonds. The smallest absolute Gasteiger partial charge is 0.0541 e. The second-order valence-corrected chi connectivity index (χ2v) is 8.29. The molecule has 1 heterocycles. The zero-order chi connectivity index (χ0) is 22.0. The van der Waals surface area contributed by atoms with Crippen LogP contribution in [0.15, 0.2) is 127 Å². The molecule has 156 valence electrons. The summed E-state index contributed by atoms with van der Waals surface area (Å²) in [6.07, 6.45) is 4.34. The van der Waals surface area contributed by atoms with Crippen LogP contribution in [0.1, 0.15) is 11.1 Å². The molecule has 0 saturated heterocycles. The van der Waals surface area contributed by atoms with Crippen LogP contribution in [0.4, 0.5) is 0 Å². The molecule has 0 saturated carbocycles. The van der Waals surface area contributed by atoms with Crippen molar-refractivity contribution in [3.63, 3.8) is 0 Å². The van der Waals surface area contributed by atoms with Gasteiger partial charge in [0.05, 0.1) is 11.0 Å². The third-order valence-corrected chi connectivity index (χ3v) is 6.17. The van der Waals surface area contributed by atoms with E-state index in [1.54, 1.807) is 0 Å². The van der Waals surface area contributed by atoms with Crippen molar-refractivity contribution in [2.75, 3.05) is 0 Å². The second kappa shape index (κ2) is 8.29. The SMILES string of the molecule is C(=C\c1cccc(-c2ccc3c(c2)c2ccccc2n3-c2ccccc2)c1)/c1ccccc1. The standard InChI is InChI=1S/C32H23N/c1-3-10-24(11-4-1)18-19-25-12-9-13-26(22-25)27-20-21-32-30(23-27)29-16-7-8-17-31(29)33(32)28-14-5-2-6-15-28/h1-23H/b19-18+. The van der Waals surface area contributed by atoms with Crippen LogP contribution in [0.3, 0.4) is 0 Å². The first-order valence-corrected chi connectivity index (χ1v) is 11.3. The van der Waals surface area contributed by atoms with E-state index in [2.05, 4.69) is 138 Å². The summed E-state index contributed by atoms with van der Waals surface area (Å²) in [6.45, 7) is 0. The highest BCUT2D eigenvalue weighted by molar-refractivity contribution is 6.10. The minimum Gasteiger partial charge on any atom is -0.309 e. The van der Waals surface area contributed by atoms with Crippen LogP contribution in [0.2, 0.25) is 0 Å².